The first-order valence-corrected chi connectivity index (χ1v) is 8.09. The van der Waals surface area contributed by atoms with Gasteiger partial charge < -0.3 is 10.6 Å². The lowest BCUT2D eigenvalue weighted by molar-refractivity contribution is 0.0945. The molecule has 3 rings (SSSR count). The van der Waals surface area contributed by atoms with Crippen LogP contribution in [0.1, 0.15) is 28.5 Å². The fourth-order valence-electron chi connectivity index (χ4n) is 2.26. The SMILES string of the molecule is CCc1ccc(Nc2cnc(C(=O)NCc3ccncc3)cn2)cc1. The van der Waals surface area contributed by atoms with E-state index in [-0.39, 0.29) is 11.6 Å². The zero-order valence-corrected chi connectivity index (χ0v) is 13.9. The Morgan fingerprint density at radius 3 is 2.36 bits per heavy atom. The summed E-state index contributed by atoms with van der Waals surface area (Å²) in [4.78, 5) is 24.5. The largest absolute Gasteiger partial charge is 0.347 e. The maximum Gasteiger partial charge on any atom is 0.271 e. The fraction of sp³-hybridized carbons (Fsp3) is 0.158. The summed E-state index contributed by atoms with van der Waals surface area (Å²) in [6.45, 7) is 2.54. The van der Waals surface area contributed by atoms with Crippen LogP contribution >= 0.6 is 0 Å². The molecule has 2 heterocycles. The Bertz CT molecular complexity index is 817. The quantitative estimate of drug-likeness (QED) is 0.724. The first-order valence-electron chi connectivity index (χ1n) is 8.09. The van der Waals surface area contributed by atoms with Gasteiger partial charge >= 0.3 is 0 Å². The van der Waals surface area contributed by atoms with Crippen LogP contribution in [-0.4, -0.2) is 20.9 Å². The number of rotatable bonds is 6. The van der Waals surface area contributed by atoms with E-state index < -0.39 is 0 Å². The van der Waals surface area contributed by atoms with Gasteiger partial charge in [-0.05, 0) is 41.8 Å². The summed E-state index contributed by atoms with van der Waals surface area (Å²) in [6.07, 6.45) is 7.40. The van der Waals surface area contributed by atoms with Gasteiger partial charge in [-0.15, -0.1) is 0 Å². The third-order valence-corrected chi connectivity index (χ3v) is 3.72. The number of pyridine rings is 1. The first-order chi connectivity index (χ1) is 12.2. The van der Waals surface area contributed by atoms with Gasteiger partial charge in [0.25, 0.3) is 5.91 Å². The van der Waals surface area contributed by atoms with Crippen LogP contribution in [-0.2, 0) is 13.0 Å². The minimum atomic E-state index is -0.261. The summed E-state index contributed by atoms with van der Waals surface area (Å²) in [7, 11) is 0. The number of hydrogen-bond donors (Lipinski definition) is 2. The molecular weight excluding hydrogens is 314 g/mol. The van der Waals surface area contributed by atoms with Crippen molar-refractivity contribution in [3.8, 4) is 0 Å². The third-order valence-electron chi connectivity index (χ3n) is 3.72. The Morgan fingerprint density at radius 2 is 1.72 bits per heavy atom. The molecule has 0 saturated heterocycles. The van der Waals surface area contributed by atoms with E-state index in [0.29, 0.717) is 12.4 Å². The van der Waals surface area contributed by atoms with E-state index in [1.807, 2.05) is 24.3 Å². The summed E-state index contributed by atoms with van der Waals surface area (Å²) in [5.41, 5.74) is 3.46. The molecule has 6 nitrogen and oxygen atoms in total. The summed E-state index contributed by atoms with van der Waals surface area (Å²) in [6, 6.07) is 11.8. The number of hydrogen-bond acceptors (Lipinski definition) is 5. The highest BCUT2D eigenvalue weighted by Gasteiger charge is 2.08. The van der Waals surface area contributed by atoms with Gasteiger partial charge in [-0.1, -0.05) is 19.1 Å². The molecule has 0 fully saturated rings. The minimum absolute atomic E-state index is 0.261. The monoisotopic (exact) mass is 333 g/mol. The van der Waals surface area contributed by atoms with Gasteiger partial charge in [-0.25, -0.2) is 9.97 Å². The van der Waals surface area contributed by atoms with E-state index in [1.54, 1.807) is 18.6 Å². The predicted octanol–water partition coefficient (Wildman–Crippen LogP) is 3.11. The van der Waals surface area contributed by atoms with Crippen molar-refractivity contribution in [2.45, 2.75) is 19.9 Å². The number of aromatic nitrogens is 3. The number of nitrogens with zero attached hydrogens (tertiary/aromatic N) is 3. The van der Waals surface area contributed by atoms with Crippen molar-refractivity contribution in [1.29, 1.82) is 0 Å². The second-order valence-corrected chi connectivity index (χ2v) is 5.50. The predicted molar refractivity (Wildman–Crippen MR) is 96.5 cm³/mol. The number of benzene rings is 1. The molecule has 1 aromatic carbocycles. The Kier molecular flexibility index (Phi) is 5.31. The second-order valence-electron chi connectivity index (χ2n) is 5.50. The van der Waals surface area contributed by atoms with Gasteiger partial charge in [0.1, 0.15) is 11.5 Å². The maximum atomic E-state index is 12.1. The number of carbonyl (C=O) groups excluding carboxylic acids is 1. The van der Waals surface area contributed by atoms with Gasteiger partial charge in [0.05, 0.1) is 12.4 Å². The van der Waals surface area contributed by atoms with E-state index in [2.05, 4.69) is 44.6 Å². The van der Waals surface area contributed by atoms with Crippen LogP contribution < -0.4 is 10.6 Å². The smallest absolute Gasteiger partial charge is 0.271 e. The highest BCUT2D eigenvalue weighted by Crippen LogP contribution is 2.15. The zero-order valence-electron chi connectivity index (χ0n) is 13.9. The van der Waals surface area contributed by atoms with Crippen molar-refractivity contribution >= 4 is 17.4 Å². The van der Waals surface area contributed by atoms with Crippen LogP contribution in [0.4, 0.5) is 11.5 Å². The van der Waals surface area contributed by atoms with Crippen molar-refractivity contribution in [1.82, 2.24) is 20.3 Å². The van der Waals surface area contributed by atoms with Crippen molar-refractivity contribution in [2.75, 3.05) is 5.32 Å². The Morgan fingerprint density at radius 1 is 0.960 bits per heavy atom. The van der Waals surface area contributed by atoms with Gasteiger partial charge in [0.15, 0.2) is 0 Å². The number of aryl methyl sites for hydroxylation is 1. The van der Waals surface area contributed by atoms with Crippen LogP contribution in [0.5, 0.6) is 0 Å². The standard InChI is InChI=1S/C19H19N5O/c1-2-14-3-5-16(6-4-14)24-18-13-21-17(12-22-18)19(25)23-11-15-7-9-20-10-8-15/h3-10,12-13H,2,11H2,1H3,(H,22,24)(H,23,25). The van der Waals surface area contributed by atoms with Gasteiger partial charge in [-0.3, -0.25) is 9.78 Å². The molecule has 0 atom stereocenters. The van der Waals surface area contributed by atoms with Crippen LogP contribution in [0, 0.1) is 0 Å². The average molecular weight is 333 g/mol. The van der Waals surface area contributed by atoms with E-state index in [0.717, 1.165) is 17.7 Å². The van der Waals surface area contributed by atoms with Crippen molar-refractivity contribution < 1.29 is 4.79 Å². The molecule has 126 valence electrons. The number of carbonyl (C=O) groups is 1. The van der Waals surface area contributed by atoms with Crippen molar-refractivity contribution in [3.05, 3.63) is 78.0 Å². The highest BCUT2D eigenvalue weighted by molar-refractivity contribution is 5.92. The second kappa shape index (κ2) is 8.01. The molecule has 25 heavy (non-hydrogen) atoms. The number of amides is 1. The molecule has 3 aromatic rings. The Balaban J connectivity index is 1.58. The molecule has 0 radical (unpaired) electrons. The molecule has 0 aliphatic carbocycles. The normalized spacial score (nSPS) is 10.3. The van der Waals surface area contributed by atoms with Gasteiger partial charge in [0, 0.05) is 24.6 Å². The highest BCUT2D eigenvalue weighted by atomic mass is 16.1. The van der Waals surface area contributed by atoms with E-state index in [4.69, 9.17) is 0 Å². The first kappa shape index (κ1) is 16.6. The van der Waals surface area contributed by atoms with Crippen LogP contribution in [0.2, 0.25) is 0 Å². The minimum Gasteiger partial charge on any atom is -0.347 e. The summed E-state index contributed by atoms with van der Waals surface area (Å²) in [5, 5.41) is 5.97. The van der Waals surface area contributed by atoms with Crippen LogP contribution in [0.15, 0.2) is 61.2 Å². The third kappa shape index (κ3) is 4.60. The topological polar surface area (TPSA) is 79.8 Å². The van der Waals surface area contributed by atoms with Gasteiger partial charge in [-0.2, -0.15) is 0 Å². The molecule has 1 amide bonds. The molecule has 0 bridgehead atoms. The summed E-state index contributed by atoms with van der Waals surface area (Å²) >= 11 is 0. The molecule has 0 unspecified atom stereocenters. The summed E-state index contributed by atoms with van der Waals surface area (Å²) < 4.78 is 0. The van der Waals surface area contributed by atoms with E-state index >= 15 is 0 Å². The molecule has 6 heteroatoms. The fourth-order valence-corrected chi connectivity index (χ4v) is 2.26. The van der Waals surface area contributed by atoms with Crippen LogP contribution in [0.25, 0.3) is 0 Å². The molecule has 2 aromatic heterocycles. The lowest BCUT2D eigenvalue weighted by Crippen LogP contribution is -2.24. The van der Waals surface area contributed by atoms with E-state index in [9.17, 15) is 4.79 Å². The zero-order chi connectivity index (χ0) is 17.5. The molecule has 0 spiro atoms. The summed E-state index contributed by atoms with van der Waals surface area (Å²) in [5.74, 6) is 0.332. The molecule has 0 aliphatic heterocycles. The van der Waals surface area contributed by atoms with E-state index in [1.165, 1.54) is 11.8 Å². The number of nitrogens with one attached hydrogen (secondary N) is 2. The lowest BCUT2D eigenvalue weighted by Gasteiger charge is -2.07. The van der Waals surface area contributed by atoms with Crippen molar-refractivity contribution in [2.24, 2.45) is 0 Å². The molecule has 0 aliphatic rings. The molecule has 2 N–H and O–H groups in total. The van der Waals surface area contributed by atoms with Crippen molar-refractivity contribution in [3.63, 3.8) is 0 Å². The Hall–Kier alpha value is -3.28. The molecule has 0 saturated carbocycles. The average Bonchev–Trinajstić information content (AvgIpc) is 2.68. The van der Waals surface area contributed by atoms with Crippen LogP contribution in [0.3, 0.4) is 0 Å². The van der Waals surface area contributed by atoms with Gasteiger partial charge in [0.2, 0.25) is 0 Å². The number of anilines is 2. The Labute approximate surface area is 146 Å². The molecular formula is C19H19N5O. The maximum absolute atomic E-state index is 12.1. The lowest BCUT2D eigenvalue weighted by atomic mass is 10.1.